The molecule has 0 radical (unpaired) electrons. The number of hydrogen-bond acceptors (Lipinski definition) is 7. The Morgan fingerprint density at radius 1 is 1.19 bits per heavy atom. The summed E-state index contributed by atoms with van der Waals surface area (Å²) in [6.45, 7) is 3.91. The SMILES string of the molecule is CCCCCCc1cc2cc(/C(C)=N/Nc3ccc([N+](=O)[O-])cc3)c(=N)oc2cc1O. The van der Waals surface area contributed by atoms with Crippen LogP contribution in [0.25, 0.3) is 11.0 Å². The molecule has 162 valence electrons. The number of nitrogens with one attached hydrogen (secondary N) is 2. The number of hydrogen-bond donors (Lipinski definition) is 3. The molecular weight excluding hydrogens is 396 g/mol. The van der Waals surface area contributed by atoms with Crippen molar-refractivity contribution < 1.29 is 14.4 Å². The molecule has 0 fully saturated rings. The van der Waals surface area contributed by atoms with Gasteiger partial charge in [0.1, 0.15) is 11.3 Å². The Morgan fingerprint density at radius 3 is 2.61 bits per heavy atom. The van der Waals surface area contributed by atoms with Gasteiger partial charge >= 0.3 is 0 Å². The summed E-state index contributed by atoms with van der Waals surface area (Å²) in [4.78, 5) is 10.3. The van der Waals surface area contributed by atoms with Crippen LogP contribution < -0.4 is 11.0 Å². The summed E-state index contributed by atoms with van der Waals surface area (Å²) < 4.78 is 5.61. The van der Waals surface area contributed by atoms with Gasteiger partial charge in [0, 0.05) is 23.6 Å². The molecule has 8 nitrogen and oxygen atoms in total. The van der Waals surface area contributed by atoms with Gasteiger partial charge in [0.2, 0.25) is 5.55 Å². The molecule has 0 saturated carbocycles. The number of nitrogens with zero attached hydrogens (tertiary/aromatic N) is 2. The Bertz CT molecular complexity index is 1170. The molecule has 0 aliphatic rings. The van der Waals surface area contributed by atoms with Crippen LogP contribution in [0.15, 0.2) is 52.0 Å². The molecule has 0 amide bonds. The van der Waals surface area contributed by atoms with Crippen molar-refractivity contribution in [3.8, 4) is 5.75 Å². The number of nitro groups is 1. The maximum atomic E-state index is 10.8. The second-order valence-electron chi connectivity index (χ2n) is 7.43. The number of aryl methyl sites for hydroxylation is 1. The smallest absolute Gasteiger partial charge is 0.269 e. The highest BCUT2D eigenvalue weighted by Crippen LogP contribution is 2.26. The first-order chi connectivity index (χ1) is 14.9. The molecule has 3 N–H and O–H groups in total. The first-order valence-corrected chi connectivity index (χ1v) is 10.3. The maximum Gasteiger partial charge on any atom is 0.269 e. The van der Waals surface area contributed by atoms with E-state index < -0.39 is 4.92 Å². The van der Waals surface area contributed by atoms with Crippen LogP contribution >= 0.6 is 0 Å². The van der Waals surface area contributed by atoms with E-state index in [9.17, 15) is 15.2 Å². The zero-order valence-electron chi connectivity index (χ0n) is 17.6. The first kappa shape index (κ1) is 22.0. The highest BCUT2D eigenvalue weighted by molar-refractivity contribution is 6.00. The number of hydrazone groups is 1. The topological polar surface area (TPSA) is 125 Å². The third-order valence-electron chi connectivity index (χ3n) is 5.09. The van der Waals surface area contributed by atoms with E-state index in [1.54, 1.807) is 25.1 Å². The number of fused-ring (bicyclic) bond motifs is 1. The Morgan fingerprint density at radius 2 is 1.94 bits per heavy atom. The normalized spacial score (nSPS) is 11.6. The Hall–Kier alpha value is -3.68. The van der Waals surface area contributed by atoms with Crippen molar-refractivity contribution in [2.75, 3.05) is 5.43 Å². The molecule has 0 aliphatic carbocycles. The summed E-state index contributed by atoms with van der Waals surface area (Å²) in [5.74, 6) is 0.185. The molecule has 0 bridgehead atoms. The van der Waals surface area contributed by atoms with Crippen LogP contribution in [0.1, 0.15) is 50.7 Å². The third kappa shape index (κ3) is 5.48. The summed E-state index contributed by atoms with van der Waals surface area (Å²) in [6, 6.07) is 11.2. The van der Waals surface area contributed by atoms with Gasteiger partial charge in [-0.05, 0) is 49.6 Å². The fourth-order valence-corrected chi connectivity index (χ4v) is 3.30. The van der Waals surface area contributed by atoms with Crippen molar-refractivity contribution in [3.05, 3.63) is 69.3 Å². The second-order valence-corrected chi connectivity index (χ2v) is 7.43. The van der Waals surface area contributed by atoms with Crippen molar-refractivity contribution in [2.24, 2.45) is 5.10 Å². The van der Waals surface area contributed by atoms with E-state index >= 15 is 0 Å². The van der Waals surface area contributed by atoms with E-state index in [2.05, 4.69) is 17.5 Å². The van der Waals surface area contributed by atoms with Gasteiger partial charge in [-0.1, -0.05) is 26.2 Å². The average molecular weight is 422 g/mol. The van der Waals surface area contributed by atoms with Gasteiger partial charge in [-0.15, -0.1) is 0 Å². The average Bonchev–Trinajstić information content (AvgIpc) is 2.75. The summed E-state index contributed by atoms with van der Waals surface area (Å²) in [5.41, 5.74) is 5.74. The van der Waals surface area contributed by atoms with Crippen molar-refractivity contribution >= 4 is 28.1 Å². The number of non-ortho nitro benzene ring substituents is 1. The van der Waals surface area contributed by atoms with Crippen LogP contribution in [0.3, 0.4) is 0 Å². The minimum atomic E-state index is -0.461. The van der Waals surface area contributed by atoms with Crippen LogP contribution in [0.5, 0.6) is 5.75 Å². The zero-order valence-corrected chi connectivity index (χ0v) is 17.6. The highest BCUT2D eigenvalue weighted by atomic mass is 16.6. The summed E-state index contributed by atoms with van der Waals surface area (Å²) in [7, 11) is 0. The molecule has 0 aliphatic heterocycles. The lowest BCUT2D eigenvalue weighted by Gasteiger charge is -2.09. The molecule has 31 heavy (non-hydrogen) atoms. The molecule has 1 aromatic heterocycles. The van der Waals surface area contributed by atoms with E-state index in [0.29, 0.717) is 22.5 Å². The number of phenols is 1. The van der Waals surface area contributed by atoms with Crippen molar-refractivity contribution in [3.63, 3.8) is 0 Å². The van der Waals surface area contributed by atoms with E-state index in [0.717, 1.165) is 36.6 Å². The Kier molecular flexibility index (Phi) is 7.02. The number of aromatic hydroxyl groups is 1. The molecule has 1 heterocycles. The summed E-state index contributed by atoms with van der Waals surface area (Å²) >= 11 is 0. The van der Waals surface area contributed by atoms with Gasteiger partial charge < -0.3 is 9.52 Å². The quantitative estimate of drug-likeness (QED) is 0.182. The van der Waals surface area contributed by atoms with Gasteiger partial charge in [0.25, 0.3) is 5.69 Å². The van der Waals surface area contributed by atoms with Gasteiger partial charge in [0.05, 0.1) is 21.9 Å². The molecule has 8 heteroatoms. The minimum Gasteiger partial charge on any atom is -0.508 e. The molecule has 2 aromatic carbocycles. The van der Waals surface area contributed by atoms with Gasteiger partial charge in [0.15, 0.2) is 0 Å². The number of rotatable bonds is 9. The van der Waals surface area contributed by atoms with Crippen LogP contribution in [0.2, 0.25) is 0 Å². The fraction of sp³-hybridized carbons (Fsp3) is 0.304. The highest BCUT2D eigenvalue weighted by Gasteiger charge is 2.11. The van der Waals surface area contributed by atoms with E-state index in [-0.39, 0.29) is 17.0 Å². The number of nitro benzene ring substituents is 1. The molecule has 0 saturated heterocycles. The van der Waals surface area contributed by atoms with Crippen LogP contribution in [-0.4, -0.2) is 15.7 Å². The lowest BCUT2D eigenvalue weighted by molar-refractivity contribution is -0.384. The Balaban J connectivity index is 1.83. The molecular formula is C23H26N4O4. The van der Waals surface area contributed by atoms with E-state index in [4.69, 9.17) is 9.83 Å². The van der Waals surface area contributed by atoms with E-state index in [1.807, 2.05) is 12.1 Å². The van der Waals surface area contributed by atoms with Crippen molar-refractivity contribution in [2.45, 2.75) is 46.0 Å². The molecule has 0 spiro atoms. The minimum absolute atomic E-state index is 0.00164. The van der Waals surface area contributed by atoms with Gasteiger partial charge in [-0.2, -0.15) is 5.10 Å². The molecule has 3 rings (SSSR count). The monoisotopic (exact) mass is 422 g/mol. The molecule has 3 aromatic rings. The number of benzene rings is 2. The lowest BCUT2D eigenvalue weighted by Crippen LogP contribution is -2.13. The summed E-state index contributed by atoms with van der Waals surface area (Å²) in [5, 5.41) is 34.3. The predicted octanol–water partition coefficient (Wildman–Crippen LogP) is 5.48. The zero-order chi connectivity index (χ0) is 22.4. The standard InChI is InChI=1S/C23H26N4O4/c1-3-4-5-6-7-16-12-17-13-20(23(24)31-22(17)14-21(16)28)15(2)25-26-18-8-10-19(11-9-18)27(29)30/h8-14,24,26,28H,3-7H2,1-2H3/b24-23?,25-15+. The largest absolute Gasteiger partial charge is 0.508 e. The van der Waals surface area contributed by atoms with Crippen LogP contribution in [0.4, 0.5) is 11.4 Å². The first-order valence-electron chi connectivity index (χ1n) is 10.3. The summed E-state index contributed by atoms with van der Waals surface area (Å²) in [6.07, 6.45) is 5.25. The number of unbranched alkanes of at least 4 members (excludes halogenated alkanes) is 3. The van der Waals surface area contributed by atoms with Crippen LogP contribution in [0, 0.1) is 15.5 Å². The maximum absolute atomic E-state index is 10.8. The fourth-order valence-electron chi connectivity index (χ4n) is 3.30. The Labute approximate surface area is 179 Å². The van der Waals surface area contributed by atoms with Gasteiger partial charge in [-0.25, -0.2) is 0 Å². The van der Waals surface area contributed by atoms with E-state index in [1.165, 1.54) is 18.6 Å². The predicted molar refractivity (Wildman–Crippen MR) is 121 cm³/mol. The number of phenolic OH excluding ortho intramolecular Hbond substituents is 1. The molecule has 0 unspecified atom stereocenters. The second kappa shape index (κ2) is 9.88. The van der Waals surface area contributed by atoms with Crippen molar-refractivity contribution in [1.29, 1.82) is 5.41 Å². The lowest BCUT2D eigenvalue weighted by atomic mass is 10.0. The van der Waals surface area contributed by atoms with Crippen LogP contribution in [-0.2, 0) is 6.42 Å². The van der Waals surface area contributed by atoms with Crippen molar-refractivity contribution in [1.82, 2.24) is 0 Å². The number of anilines is 1. The molecule has 0 atom stereocenters. The third-order valence-corrected chi connectivity index (χ3v) is 5.09. The van der Waals surface area contributed by atoms with Gasteiger partial charge in [-0.3, -0.25) is 20.9 Å².